The first-order chi connectivity index (χ1) is 9.06. The molecule has 0 radical (unpaired) electrons. The van der Waals surface area contributed by atoms with Crippen molar-refractivity contribution in [2.45, 2.75) is 17.5 Å². The third kappa shape index (κ3) is 3.47. The molecule has 6 nitrogen and oxygen atoms in total. The second-order valence-corrected chi connectivity index (χ2v) is 4.49. The molecule has 1 aromatic carbocycles. The highest BCUT2D eigenvalue weighted by Crippen LogP contribution is 2.21. The van der Waals surface area contributed by atoms with Crippen molar-refractivity contribution in [3.63, 3.8) is 0 Å². The maximum absolute atomic E-state index is 13.0. The summed E-state index contributed by atoms with van der Waals surface area (Å²) in [4.78, 5) is 10.6. The SMILES string of the molecule is O=C(O)Cn1nnnc1SCc1ccc(F)c(F)c1. The molecule has 1 N–H and O–H groups in total. The van der Waals surface area contributed by atoms with Gasteiger partial charge in [-0.05, 0) is 28.1 Å². The maximum Gasteiger partial charge on any atom is 0.325 e. The van der Waals surface area contributed by atoms with Crippen LogP contribution in [0, 0.1) is 11.6 Å². The van der Waals surface area contributed by atoms with Crippen molar-refractivity contribution in [3.8, 4) is 0 Å². The average Bonchev–Trinajstić information content (AvgIpc) is 2.77. The number of carbonyl (C=O) groups is 1. The van der Waals surface area contributed by atoms with Crippen LogP contribution < -0.4 is 0 Å². The predicted octanol–water partition coefficient (Wildman–Crippen LogP) is 1.33. The quantitative estimate of drug-likeness (QED) is 0.835. The van der Waals surface area contributed by atoms with Gasteiger partial charge in [-0.25, -0.2) is 13.5 Å². The van der Waals surface area contributed by atoms with E-state index in [1.165, 1.54) is 6.07 Å². The minimum absolute atomic E-state index is 0.298. The van der Waals surface area contributed by atoms with Crippen LogP contribution in [0.5, 0.6) is 0 Å². The average molecular weight is 286 g/mol. The van der Waals surface area contributed by atoms with Crippen LogP contribution in [0.25, 0.3) is 0 Å². The third-order valence-corrected chi connectivity index (χ3v) is 3.16. The monoisotopic (exact) mass is 286 g/mol. The fourth-order valence-corrected chi connectivity index (χ4v) is 2.12. The van der Waals surface area contributed by atoms with Gasteiger partial charge in [-0.1, -0.05) is 17.8 Å². The summed E-state index contributed by atoms with van der Waals surface area (Å²) in [5.41, 5.74) is 0.550. The van der Waals surface area contributed by atoms with Crippen molar-refractivity contribution in [3.05, 3.63) is 35.4 Å². The largest absolute Gasteiger partial charge is 0.480 e. The number of tetrazole rings is 1. The van der Waals surface area contributed by atoms with Crippen molar-refractivity contribution < 1.29 is 18.7 Å². The number of hydrogen-bond acceptors (Lipinski definition) is 5. The highest BCUT2D eigenvalue weighted by molar-refractivity contribution is 7.98. The van der Waals surface area contributed by atoms with Crippen molar-refractivity contribution in [2.75, 3.05) is 0 Å². The molecule has 0 spiro atoms. The lowest BCUT2D eigenvalue weighted by atomic mass is 10.2. The number of benzene rings is 1. The second kappa shape index (κ2) is 5.74. The lowest BCUT2D eigenvalue weighted by Gasteiger charge is -2.02. The Morgan fingerprint density at radius 3 is 2.84 bits per heavy atom. The Labute approximate surface area is 110 Å². The fraction of sp³-hybridized carbons (Fsp3) is 0.200. The number of carboxylic acids is 1. The van der Waals surface area contributed by atoms with E-state index in [-0.39, 0.29) is 6.54 Å². The Balaban J connectivity index is 2.04. The predicted molar refractivity (Wildman–Crippen MR) is 61.4 cm³/mol. The van der Waals surface area contributed by atoms with Gasteiger partial charge in [0.1, 0.15) is 6.54 Å². The standard InChI is InChI=1S/C10H8F2N4O2S/c11-7-2-1-6(3-8(7)12)5-19-10-13-14-15-16(10)4-9(17)18/h1-3H,4-5H2,(H,17,18). The zero-order valence-corrected chi connectivity index (χ0v) is 10.3. The number of nitrogens with zero attached hydrogens (tertiary/aromatic N) is 4. The number of carboxylic acid groups (broad SMARTS) is 1. The van der Waals surface area contributed by atoms with Crippen molar-refractivity contribution in [2.24, 2.45) is 0 Å². The lowest BCUT2D eigenvalue weighted by molar-refractivity contribution is -0.138. The number of hydrogen-bond donors (Lipinski definition) is 1. The highest BCUT2D eigenvalue weighted by Gasteiger charge is 2.11. The number of aliphatic carboxylic acids is 1. The number of rotatable bonds is 5. The molecule has 0 bridgehead atoms. The summed E-state index contributed by atoms with van der Waals surface area (Å²) >= 11 is 1.14. The summed E-state index contributed by atoms with van der Waals surface area (Å²) in [5, 5.41) is 19.5. The van der Waals surface area contributed by atoms with Crippen molar-refractivity contribution in [1.82, 2.24) is 20.2 Å². The molecule has 0 amide bonds. The van der Waals surface area contributed by atoms with E-state index in [2.05, 4.69) is 15.5 Å². The molecule has 0 aliphatic heterocycles. The van der Waals surface area contributed by atoms with Crippen LogP contribution >= 0.6 is 11.8 Å². The number of aromatic nitrogens is 4. The molecule has 0 fully saturated rings. The molecule has 0 unspecified atom stereocenters. The van der Waals surface area contributed by atoms with Crippen LogP contribution in [-0.4, -0.2) is 31.3 Å². The van der Waals surface area contributed by atoms with E-state index < -0.39 is 17.6 Å². The van der Waals surface area contributed by atoms with Gasteiger partial charge in [0.15, 0.2) is 11.6 Å². The molecule has 100 valence electrons. The Kier molecular flexibility index (Phi) is 4.05. The number of thioether (sulfide) groups is 1. The first kappa shape index (κ1) is 13.4. The van der Waals surface area contributed by atoms with Gasteiger partial charge in [-0.3, -0.25) is 4.79 Å². The highest BCUT2D eigenvalue weighted by atomic mass is 32.2. The van der Waals surface area contributed by atoms with Gasteiger partial charge in [0, 0.05) is 5.75 Å². The van der Waals surface area contributed by atoms with Gasteiger partial charge in [-0.15, -0.1) is 5.10 Å². The fourth-order valence-electron chi connectivity index (χ4n) is 1.30. The summed E-state index contributed by atoms with van der Waals surface area (Å²) in [6.07, 6.45) is 0. The zero-order chi connectivity index (χ0) is 13.8. The van der Waals surface area contributed by atoms with Gasteiger partial charge in [-0.2, -0.15) is 0 Å². The Bertz CT molecular complexity index is 605. The minimum atomic E-state index is -1.07. The third-order valence-electron chi connectivity index (χ3n) is 2.14. The smallest absolute Gasteiger partial charge is 0.325 e. The normalized spacial score (nSPS) is 10.6. The van der Waals surface area contributed by atoms with E-state index in [9.17, 15) is 13.6 Å². The Hall–Kier alpha value is -2.03. The topological polar surface area (TPSA) is 80.9 Å². The van der Waals surface area contributed by atoms with Gasteiger partial charge < -0.3 is 5.11 Å². The van der Waals surface area contributed by atoms with E-state index in [4.69, 9.17) is 5.11 Å². The van der Waals surface area contributed by atoms with Gasteiger partial charge >= 0.3 is 5.97 Å². The first-order valence-electron chi connectivity index (χ1n) is 5.11. The Morgan fingerprint density at radius 1 is 1.37 bits per heavy atom. The molecule has 0 aliphatic rings. The van der Waals surface area contributed by atoms with Crippen LogP contribution in [0.4, 0.5) is 8.78 Å². The molecule has 2 rings (SSSR count). The molecule has 1 aromatic heterocycles. The maximum atomic E-state index is 13.0. The summed E-state index contributed by atoms with van der Waals surface area (Å²) in [7, 11) is 0. The molecule has 0 saturated heterocycles. The van der Waals surface area contributed by atoms with Crippen LogP contribution in [0.15, 0.2) is 23.4 Å². The summed E-state index contributed by atoms with van der Waals surface area (Å²) in [6.45, 7) is -0.354. The lowest BCUT2D eigenvalue weighted by Crippen LogP contribution is -2.11. The molecule has 0 atom stereocenters. The Morgan fingerprint density at radius 2 is 2.16 bits per heavy atom. The summed E-state index contributed by atoms with van der Waals surface area (Å²) < 4.78 is 26.8. The van der Waals surface area contributed by atoms with Crippen LogP contribution in [0.2, 0.25) is 0 Å². The van der Waals surface area contributed by atoms with E-state index in [0.717, 1.165) is 28.6 Å². The molecular weight excluding hydrogens is 278 g/mol. The van der Waals surface area contributed by atoms with E-state index >= 15 is 0 Å². The van der Waals surface area contributed by atoms with Crippen molar-refractivity contribution in [1.29, 1.82) is 0 Å². The van der Waals surface area contributed by atoms with Gasteiger partial charge in [0.05, 0.1) is 0 Å². The molecule has 0 aliphatic carbocycles. The van der Waals surface area contributed by atoms with Crippen LogP contribution in [0.1, 0.15) is 5.56 Å². The first-order valence-corrected chi connectivity index (χ1v) is 6.09. The summed E-state index contributed by atoms with van der Waals surface area (Å²) in [5.74, 6) is -2.60. The van der Waals surface area contributed by atoms with Crippen LogP contribution in [0.3, 0.4) is 0 Å². The number of halogens is 2. The van der Waals surface area contributed by atoms with Crippen LogP contribution in [-0.2, 0) is 17.1 Å². The molecule has 1 heterocycles. The molecule has 9 heteroatoms. The van der Waals surface area contributed by atoms with E-state index in [0.29, 0.717) is 16.5 Å². The summed E-state index contributed by atoms with van der Waals surface area (Å²) in [6, 6.07) is 3.55. The van der Waals surface area contributed by atoms with Crippen molar-refractivity contribution >= 4 is 17.7 Å². The zero-order valence-electron chi connectivity index (χ0n) is 9.45. The molecular formula is C10H8F2N4O2S. The van der Waals surface area contributed by atoms with Gasteiger partial charge in [0.25, 0.3) is 0 Å². The molecule has 19 heavy (non-hydrogen) atoms. The van der Waals surface area contributed by atoms with E-state index in [1.54, 1.807) is 0 Å². The second-order valence-electron chi connectivity index (χ2n) is 3.55. The molecule has 0 saturated carbocycles. The molecule has 2 aromatic rings. The minimum Gasteiger partial charge on any atom is -0.480 e. The van der Waals surface area contributed by atoms with Gasteiger partial charge in [0.2, 0.25) is 5.16 Å². The van der Waals surface area contributed by atoms with E-state index in [1.807, 2.05) is 0 Å².